The Labute approximate surface area is 159 Å². The lowest BCUT2D eigenvalue weighted by Gasteiger charge is -2.44. The van der Waals surface area contributed by atoms with Crippen LogP contribution in [0.3, 0.4) is 0 Å². The van der Waals surface area contributed by atoms with Gasteiger partial charge in [0, 0.05) is 5.57 Å². The Kier molecular flexibility index (Phi) is 5.36. The van der Waals surface area contributed by atoms with Crippen LogP contribution in [-0.2, 0) is 0 Å². The molecule has 1 aliphatic rings. The first kappa shape index (κ1) is 18.8. The van der Waals surface area contributed by atoms with Gasteiger partial charge in [-0.05, 0) is 61.9 Å². The number of halogens is 1. The van der Waals surface area contributed by atoms with Crippen molar-refractivity contribution in [2.24, 2.45) is 5.73 Å². The molecule has 27 heavy (non-hydrogen) atoms. The predicted octanol–water partition coefficient (Wildman–Crippen LogP) is 4.12. The highest BCUT2D eigenvalue weighted by molar-refractivity contribution is 7.17. The van der Waals surface area contributed by atoms with Crippen LogP contribution in [0.5, 0.6) is 0 Å². The molecule has 0 saturated heterocycles. The van der Waals surface area contributed by atoms with Gasteiger partial charge < -0.3 is 16.2 Å². The number of nitrogens with zero attached hydrogens (tertiary/aromatic N) is 2. The molecule has 3 rings (SSSR count). The number of carbonyl (C=O) groups is 1. The third-order valence-corrected chi connectivity index (χ3v) is 5.62. The minimum atomic E-state index is -0.970. The summed E-state index contributed by atoms with van der Waals surface area (Å²) < 4.78 is 14.3. The van der Waals surface area contributed by atoms with Crippen molar-refractivity contribution in [1.82, 2.24) is 10.2 Å². The first-order chi connectivity index (χ1) is 12.9. The SMILES string of the molecule is C=C(/C(F)=C\C=C/N)C1(Nc2ccc(-c3ccc(C(=O)O)s3)nn2)CCC1. The molecule has 1 saturated carbocycles. The van der Waals surface area contributed by atoms with Crippen molar-refractivity contribution in [2.75, 3.05) is 5.32 Å². The monoisotopic (exact) mass is 386 g/mol. The quantitative estimate of drug-likeness (QED) is 0.619. The zero-order chi connectivity index (χ0) is 19.4. The molecule has 0 unspecified atom stereocenters. The maximum Gasteiger partial charge on any atom is 0.345 e. The van der Waals surface area contributed by atoms with E-state index in [2.05, 4.69) is 22.1 Å². The zero-order valence-corrected chi connectivity index (χ0v) is 15.3. The molecule has 0 radical (unpaired) electrons. The second-order valence-electron chi connectivity index (χ2n) is 6.21. The molecule has 4 N–H and O–H groups in total. The highest BCUT2D eigenvalue weighted by Gasteiger charge is 2.41. The average molecular weight is 386 g/mol. The molecule has 0 aromatic carbocycles. The van der Waals surface area contributed by atoms with Crippen molar-refractivity contribution < 1.29 is 14.3 Å². The molecule has 2 aromatic heterocycles. The van der Waals surface area contributed by atoms with Crippen LogP contribution in [0.15, 0.2) is 60.6 Å². The van der Waals surface area contributed by atoms with Crippen molar-refractivity contribution >= 4 is 23.1 Å². The second-order valence-corrected chi connectivity index (χ2v) is 7.30. The minimum Gasteiger partial charge on any atom is -0.477 e. The average Bonchev–Trinajstić information content (AvgIpc) is 3.13. The second kappa shape index (κ2) is 7.71. The largest absolute Gasteiger partial charge is 0.477 e. The van der Waals surface area contributed by atoms with Gasteiger partial charge in [0.2, 0.25) is 0 Å². The van der Waals surface area contributed by atoms with E-state index in [1.807, 2.05) is 0 Å². The van der Waals surface area contributed by atoms with Crippen LogP contribution < -0.4 is 11.1 Å². The van der Waals surface area contributed by atoms with Gasteiger partial charge in [0.25, 0.3) is 0 Å². The van der Waals surface area contributed by atoms with Gasteiger partial charge >= 0.3 is 5.97 Å². The van der Waals surface area contributed by atoms with Gasteiger partial charge in [-0.25, -0.2) is 9.18 Å². The summed E-state index contributed by atoms with van der Waals surface area (Å²) in [6.45, 7) is 3.90. The number of carboxylic acids is 1. The number of aromatic nitrogens is 2. The highest BCUT2D eigenvalue weighted by Crippen LogP contribution is 2.43. The minimum absolute atomic E-state index is 0.243. The standard InChI is InChI=1S/C19H19FN4O2S/c1-12(13(20)4-2-11-21)19(9-3-10-19)22-17-8-5-14(23-24-17)15-6-7-16(27-15)18(25)26/h2,4-8,11H,1,3,9-10,21H2,(H,22,24)(H,25,26)/b11-2-,13-4+. The van der Waals surface area contributed by atoms with Crippen LogP contribution in [-0.4, -0.2) is 26.8 Å². The number of hydrogen-bond acceptors (Lipinski definition) is 6. The van der Waals surface area contributed by atoms with Gasteiger partial charge in [0.05, 0.1) is 10.4 Å². The molecule has 140 valence electrons. The van der Waals surface area contributed by atoms with E-state index >= 15 is 0 Å². The molecule has 0 amide bonds. The lowest BCUT2D eigenvalue weighted by atomic mass is 9.71. The molecule has 6 nitrogen and oxygen atoms in total. The lowest BCUT2D eigenvalue weighted by Crippen LogP contribution is -2.47. The fourth-order valence-electron chi connectivity index (χ4n) is 2.87. The van der Waals surface area contributed by atoms with Gasteiger partial charge in [-0.2, -0.15) is 0 Å². The van der Waals surface area contributed by atoms with E-state index in [0.29, 0.717) is 17.1 Å². The van der Waals surface area contributed by atoms with Crippen molar-refractivity contribution in [3.8, 4) is 10.6 Å². The summed E-state index contributed by atoms with van der Waals surface area (Å²) in [7, 11) is 0. The van der Waals surface area contributed by atoms with Gasteiger partial charge in [-0.3, -0.25) is 0 Å². The Morgan fingerprint density at radius 2 is 2.11 bits per heavy atom. The summed E-state index contributed by atoms with van der Waals surface area (Å²) in [5.74, 6) is -0.882. The van der Waals surface area contributed by atoms with E-state index in [1.165, 1.54) is 24.4 Å². The number of allylic oxidation sites excluding steroid dienone is 2. The van der Waals surface area contributed by atoms with Crippen LogP contribution in [0.25, 0.3) is 10.6 Å². The summed E-state index contributed by atoms with van der Waals surface area (Å²) >= 11 is 1.13. The van der Waals surface area contributed by atoms with Crippen molar-refractivity contribution in [1.29, 1.82) is 0 Å². The molecule has 0 spiro atoms. The van der Waals surface area contributed by atoms with Gasteiger partial charge in [0.15, 0.2) is 0 Å². The van der Waals surface area contributed by atoms with E-state index in [1.54, 1.807) is 18.2 Å². The molecule has 0 atom stereocenters. The molecule has 8 heteroatoms. The Bertz CT molecular complexity index is 914. The highest BCUT2D eigenvalue weighted by atomic mass is 32.1. The van der Waals surface area contributed by atoms with E-state index in [9.17, 15) is 9.18 Å². The maximum absolute atomic E-state index is 14.3. The molecule has 1 fully saturated rings. The van der Waals surface area contributed by atoms with Gasteiger partial charge in [-0.1, -0.05) is 6.58 Å². The number of hydrogen-bond donors (Lipinski definition) is 3. The van der Waals surface area contributed by atoms with E-state index in [4.69, 9.17) is 10.8 Å². The van der Waals surface area contributed by atoms with Crippen LogP contribution >= 0.6 is 11.3 Å². The summed E-state index contributed by atoms with van der Waals surface area (Å²) in [5.41, 5.74) is 5.61. The Balaban J connectivity index is 1.76. The Morgan fingerprint density at radius 3 is 2.63 bits per heavy atom. The molecular weight excluding hydrogens is 367 g/mol. The normalized spacial score (nSPS) is 16.1. The number of rotatable bonds is 7. The smallest absolute Gasteiger partial charge is 0.345 e. The topological polar surface area (TPSA) is 101 Å². The van der Waals surface area contributed by atoms with Gasteiger partial charge in [0.1, 0.15) is 22.2 Å². The number of nitrogens with two attached hydrogens (primary N) is 1. The van der Waals surface area contributed by atoms with Crippen LogP contribution in [0.4, 0.5) is 10.2 Å². The number of carboxylic acid groups (broad SMARTS) is 1. The summed E-state index contributed by atoms with van der Waals surface area (Å²) in [5, 5.41) is 20.6. The third-order valence-electron chi connectivity index (χ3n) is 4.53. The Hall–Kier alpha value is -3.00. The van der Waals surface area contributed by atoms with Crippen molar-refractivity contribution in [3.05, 3.63) is 65.5 Å². The Morgan fingerprint density at radius 1 is 1.33 bits per heavy atom. The fourth-order valence-corrected chi connectivity index (χ4v) is 3.68. The molecule has 2 aromatic rings. The van der Waals surface area contributed by atoms with Crippen molar-refractivity contribution in [3.63, 3.8) is 0 Å². The molecule has 1 aliphatic carbocycles. The summed E-state index contributed by atoms with van der Waals surface area (Å²) in [6, 6.07) is 6.74. The number of anilines is 1. The molecule has 0 aliphatic heterocycles. The van der Waals surface area contributed by atoms with E-state index in [0.717, 1.165) is 35.5 Å². The van der Waals surface area contributed by atoms with E-state index in [-0.39, 0.29) is 4.88 Å². The third kappa shape index (κ3) is 3.90. The first-order valence-corrected chi connectivity index (χ1v) is 9.16. The van der Waals surface area contributed by atoms with Crippen molar-refractivity contribution in [2.45, 2.75) is 24.8 Å². The molecular formula is C19H19FN4O2S. The van der Waals surface area contributed by atoms with E-state index < -0.39 is 17.3 Å². The number of thiophene rings is 1. The van der Waals surface area contributed by atoms with Crippen LogP contribution in [0.1, 0.15) is 28.9 Å². The first-order valence-electron chi connectivity index (χ1n) is 8.34. The maximum atomic E-state index is 14.3. The molecule has 2 heterocycles. The summed E-state index contributed by atoms with van der Waals surface area (Å²) in [6.07, 6.45) is 6.43. The fraction of sp³-hybridized carbons (Fsp3) is 0.211. The number of aromatic carboxylic acids is 1. The van der Waals surface area contributed by atoms with Gasteiger partial charge in [-0.15, -0.1) is 21.5 Å². The van der Waals surface area contributed by atoms with Crippen LogP contribution in [0, 0.1) is 0 Å². The summed E-state index contributed by atoms with van der Waals surface area (Å²) in [4.78, 5) is 12.0. The molecule has 0 bridgehead atoms. The van der Waals surface area contributed by atoms with Crippen LogP contribution in [0.2, 0.25) is 0 Å². The number of nitrogens with one attached hydrogen (secondary N) is 1. The predicted molar refractivity (Wildman–Crippen MR) is 104 cm³/mol. The lowest BCUT2D eigenvalue weighted by molar-refractivity contribution is 0.0702. The zero-order valence-electron chi connectivity index (χ0n) is 14.5.